The molecule has 2 nitrogen and oxygen atoms in total. The van der Waals surface area contributed by atoms with Crippen molar-refractivity contribution in [3.8, 4) is 5.06 Å². The van der Waals surface area contributed by atoms with Crippen LogP contribution in [0.2, 0.25) is 0 Å². The molecule has 0 aliphatic rings. The summed E-state index contributed by atoms with van der Waals surface area (Å²) in [5.74, 6) is 0. The van der Waals surface area contributed by atoms with Gasteiger partial charge in [0.25, 0.3) is 0 Å². The van der Waals surface area contributed by atoms with Crippen molar-refractivity contribution in [2.75, 3.05) is 12.8 Å². The van der Waals surface area contributed by atoms with E-state index in [0.717, 1.165) is 15.6 Å². The summed E-state index contributed by atoms with van der Waals surface area (Å²) in [7, 11) is 1.65. The van der Waals surface area contributed by atoms with Crippen LogP contribution in [0.4, 0.5) is 5.00 Å². The molecule has 0 unspecified atom stereocenters. The fraction of sp³-hybridized carbons (Fsp3) is 0.333. The first-order valence-electron chi connectivity index (χ1n) is 2.64. The van der Waals surface area contributed by atoms with Crippen LogP contribution in [0, 0.1) is 6.92 Å². The number of ether oxygens (including phenoxy) is 1. The molecule has 1 rings (SSSR count). The SMILES string of the molecule is COc1sc(N)cc1C. The van der Waals surface area contributed by atoms with Crippen LogP contribution in [0.5, 0.6) is 5.06 Å². The Morgan fingerprint density at radius 1 is 1.67 bits per heavy atom. The number of nitrogen functional groups attached to an aromatic ring is 1. The molecular weight excluding hydrogens is 134 g/mol. The van der Waals surface area contributed by atoms with E-state index in [0.29, 0.717) is 0 Å². The molecule has 3 heteroatoms. The highest BCUT2D eigenvalue weighted by Gasteiger charge is 2.00. The third-order valence-electron chi connectivity index (χ3n) is 1.08. The minimum Gasteiger partial charge on any atom is -0.487 e. The first kappa shape index (κ1) is 6.42. The van der Waals surface area contributed by atoms with E-state index in [4.69, 9.17) is 10.5 Å². The second-order valence-corrected chi connectivity index (χ2v) is 2.87. The number of hydrogen-bond donors (Lipinski definition) is 1. The second-order valence-electron chi connectivity index (χ2n) is 1.82. The molecule has 0 spiro atoms. The number of anilines is 1. The van der Waals surface area contributed by atoms with Gasteiger partial charge >= 0.3 is 0 Å². The lowest BCUT2D eigenvalue weighted by Crippen LogP contribution is -1.77. The Hall–Kier alpha value is -0.700. The van der Waals surface area contributed by atoms with Crippen molar-refractivity contribution in [3.05, 3.63) is 11.6 Å². The highest BCUT2D eigenvalue weighted by molar-refractivity contribution is 7.17. The monoisotopic (exact) mass is 143 g/mol. The Morgan fingerprint density at radius 2 is 2.33 bits per heavy atom. The van der Waals surface area contributed by atoms with Crippen molar-refractivity contribution in [2.24, 2.45) is 0 Å². The highest BCUT2D eigenvalue weighted by atomic mass is 32.1. The molecule has 0 aromatic carbocycles. The van der Waals surface area contributed by atoms with Crippen molar-refractivity contribution in [1.29, 1.82) is 0 Å². The van der Waals surface area contributed by atoms with Crippen LogP contribution in [-0.4, -0.2) is 7.11 Å². The van der Waals surface area contributed by atoms with Crippen LogP contribution in [-0.2, 0) is 0 Å². The molecule has 0 aliphatic carbocycles. The van der Waals surface area contributed by atoms with Gasteiger partial charge in [0.2, 0.25) is 0 Å². The van der Waals surface area contributed by atoms with E-state index < -0.39 is 0 Å². The Labute approximate surface area is 58.3 Å². The van der Waals surface area contributed by atoms with Gasteiger partial charge in [-0.25, -0.2) is 0 Å². The number of rotatable bonds is 1. The highest BCUT2D eigenvalue weighted by Crippen LogP contribution is 2.30. The van der Waals surface area contributed by atoms with E-state index in [-0.39, 0.29) is 0 Å². The summed E-state index contributed by atoms with van der Waals surface area (Å²) < 4.78 is 5.00. The van der Waals surface area contributed by atoms with Gasteiger partial charge in [-0.15, -0.1) is 0 Å². The summed E-state index contributed by atoms with van der Waals surface area (Å²) in [5, 5.41) is 1.72. The standard InChI is InChI=1S/C6H9NOS/c1-4-3-5(7)9-6(4)8-2/h3H,7H2,1-2H3. The molecule has 0 amide bonds. The van der Waals surface area contributed by atoms with E-state index in [9.17, 15) is 0 Å². The van der Waals surface area contributed by atoms with Crippen molar-refractivity contribution in [1.82, 2.24) is 0 Å². The Bertz CT molecular complexity index is 207. The summed E-state index contributed by atoms with van der Waals surface area (Å²) >= 11 is 1.47. The Balaban J connectivity index is 3.01. The predicted octanol–water partition coefficient (Wildman–Crippen LogP) is 1.65. The van der Waals surface area contributed by atoms with Crippen molar-refractivity contribution < 1.29 is 4.74 Å². The second kappa shape index (κ2) is 2.27. The van der Waals surface area contributed by atoms with Gasteiger partial charge in [-0.05, 0) is 13.0 Å². The zero-order chi connectivity index (χ0) is 6.85. The maximum atomic E-state index is 5.49. The lowest BCUT2D eigenvalue weighted by Gasteiger charge is -1.92. The maximum absolute atomic E-state index is 5.49. The van der Waals surface area contributed by atoms with Crippen LogP contribution in [0.1, 0.15) is 5.56 Å². The van der Waals surface area contributed by atoms with Gasteiger partial charge in [0, 0.05) is 5.56 Å². The summed E-state index contributed by atoms with van der Waals surface area (Å²) in [6.45, 7) is 1.98. The fourth-order valence-electron chi connectivity index (χ4n) is 0.692. The van der Waals surface area contributed by atoms with Crippen molar-refractivity contribution in [2.45, 2.75) is 6.92 Å². The van der Waals surface area contributed by atoms with E-state index in [1.807, 2.05) is 13.0 Å². The maximum Gasteiger partial charge on any atom is 0.178 e. The molecule has 0 bridgehead atoms. The molecular formula is C6H9NOS. The molecule has 0 radical (unpaired) electrons. The minimum absolute atomic E-state index is 0.810. The molecule has 50 valence electrons. The first-order valence-corrected chi connectivity index (χ1v) is 3.45. The molecule has 9 heavy (non-hydrogen) atoms. The van der Waals surface area contributed by atoms with Crippen LogP contribution < -0.4 is 10.5 Å². The summed E-state index contributed by atoms with van der Waals surface area (Å²) in [6.07, 6.45) is 0. The number of nitrogens with two attached hydrogens (primary N) is 1. The third kappa shape index (κ3) is 1.16. The zero-order valence-electron chi connectivity index (χ0n) is 5.47. The molecule has 1 heterocycles. The topological polar surface area (TPSA) is 35.2 Å². The quantitative estimate of drug-likeness (QED) is 0.648. The summed E-state index contributed by atoms with van der Waals surface area (Å²) in [6, 6.07) is 1.91. The van der Waals surface area contributed by atoms with E-state index in [1.54, 1.807) is 7.11 Å². The molecule has 0 fully saturated rings. The minimum atomic E-state index is 0.810. The molecule has 0 saturated carbocycles. The lowest BCUT2D eigenvalue weighted by atomic mass is 10.4. The molecule has 0 atom stereocenters. The predicted molar refractivity (Wildman–Crippen MR) is 40.0 cm³/mol. The van der Waals surface area contributed by atoms with Crippen LogP contribution >= 0.6 is 11.3 Å². The smallest absolute Gasteiger partial charge is 0.178 e. The Kier molecular flexibility index (Phi) is 1.62. The summed E-state index contributed by atoms with van der Waals surface area (Å²) in [5.41, 5.74) is 6.60. The van der Waals surface area contributed by atoms with E-state index in [2.05, 4.69) is 0 Å². The number of aryl methyl sites for hydroxylation is 1. The van der Waals surface area contributed by atoms with Crippen molar-refractivity contribution >= 4 is 16.3 Å². The molecule has 0 saturated heterocycles. The number of thiophene rings is 1. The normalized spacial score (nSPS) is 9.56. The average molecular weight is 143 g/mol. The zero-order valence-corrected chi connectivity index (χ0v) is 6.29. The first-order chi connectivity index (χ1) is 4.24. The Morgan fingerprint density at radius 3 is 2.56 bits per heavy atom. The number of methoxy groups -OCH3 is 1. The van der Waals surface area contributed by atoms with Crippen LogP contribution in [0.25, 0.3) is 0 Å². The molecule has 0 aliphatic heterocycles. The molecule has 1 aromatic heterocycles. The van der Waals surface area contributed by atoms with Gasteiger partial charge in [-0.3, -0.25) is 0 Å². The molecule has 1 aromatic rings. The van der Waals surface area contributed by atoms with E-state index >= 15 is 0 Å². The summed E-state index contributed by atoms with van der Waals surface area (Å²) in [4.78, 5) is 0. The van der Waals surface area contributed by atoms with Crippen LogP contribution in [0.3, 0.4) is 0 Å². The van der Waals surface area contributed by atoms with Crippen molar-refractivity contribution in [3.63, 3.8) is 0 Å². The molecule has 2 N–H and O–H groups in total. The van der Waals surface area contributed by atoms with E-state index in [1.165, 1.54) is 11.3 Å². The van der Waals surface area contributed by atoms with Gasteiger partial charge in [0.05, 0.1) is 12.1 Å². The van der Waals surface area contributed by atoms with Gasteiger partial charge in [-0.2, -0.15) is 0 Å². The van der Waals surface area contributed by atoms with Gasteiger partial charge < -0.3 is 10.5 Å². The largest absolute Gasteiger partial charge is 0.487 e. The lowest BCUT2D eigenvalue weighted by molar-refractivity contribution is 0.424. The average Bonchev–Trinajstić information content (AvgIpc) is 2.10. The fourth-order valence-corrected chi connectivity index (χ4v) is 1.44. The van der Waals surface area contributed by atoms with Gasteiger partial charge in [0.15, 0.2) is 5.06 Å². The number of hydrogen-bond acceptors (Lipinski definition) is 3. The third-order valence-corrected chi connectivity index (χ3v) is 2.10. The van der Waals surface area contributed by atoms with Gasteiger partial charge in [0.1, 0.15) is 0 Å². The van der Waals surface area contributed by atoms with Gasteiger partial charge in [-0.1, -0.05) is 11.3 Å². The van der Waals surface area contributed by atoms with Crippen LogP contribution in [0.15, 0.2) is 6.07 Å².